The van der Waals surface area contributed by atoms with Crippen molar-refractivity contribution < 1.29 is 22.8 Å². The molecule has 0 atom stereocenters. The standard InChI is InChI=1S/C17H22F3N3O2/c1-22(12-13-6-2-3-7-14(13)17(18,19)20)16(25)21-9-8-15(24)23-10-4-5-11-23/h2-3,6-7H,4-5,8-12H2,1H3,(H,21,25). The molecule has 1 aliphatic heterocycles. The molecule has 25 heavy (non-hydrogen) atoms. The zero-order chi connectivity index (χ0) is 18.4. The quantitative estimate of drug-likeness (QED) is 0.881. The summed E-state index contributed by atoms with van der Waals surface area (Å²) in [6, 6.07) is 4.66. The van der Waals surface area contributed by atoms with Gasteiger partial charge in [-0.25, -0.2) is 4.79 Å². The average molecular weight is 357 g/mol. The maximum atomic E-state index is 13.0. The van der Waals surface area contributed by atoms with Crippen LogP contribution in [0.4, 0.5) is 18.0 Å². The Bertz CT molecular complexity index is 613. The third-order valence-electron chi connectivity index (χ3n) is 4.15. The minimum absolute atomic E-state index is 0.0112. The monoisotopic (exact) mass is 357 g/mol. The third-order valence-corrected chi connectivity index (χ3v) is 4.15. The topological polar surface area (TPSA) is 52.7 Å². The van der Waals surface area contributed by atoms with Gasteiger partial charge in [0.2, 0.25) is 5.91 Å². The van der Waals surface area contributed by atoms with E-state index in [4.69, 9.17) is 0 Å². The van der Waals surface area contributed by atoms with Crippen molar-refractivity contribution in [3.05, 3.63) is 35.4 Å². The van der Waals surface area contributed by atoms with Gasteiger partial charge < -0.3 is 15.1 Å². The van der Waals surface area contributed by atoms with Crippen molar-refractivity contribution in [3.8, 4) is 0 Å². The summed E-state index contributed by atoms with van der Waals surface area (Å²) in [7, 11) is 1.42. The van der Waals surface area contributed by atoms with Gasteiger partial charge in [-0.05, 0) is 24.5 Å². The average Bonchev–Trinajstić information content (AvgIpc) is 3.08. The van der Waals surface area contributed by atoms with Crippen LogP contribution in [-0.2, 0) is 17.5 Å². The lowest BCUT2D eigenvalue weighted by atomic mass is 10.1. The van der Waals surface area contributed by atoms with Crippen LogP contribution < -0.4 is 5.32 Å². The normalized spacial score (nSPS) is 14.5. The molecule has 0 aliphatic carbocycles. The molecule has 1 N–H and O–H groups in total. The Kier molecular flexibility index (Phi) is 6.27. The zero-order valence-corrected chi connectivity index (χ0v) is 14.1. The van der Waals surface area contributed by atoms with Crippen molar-refractivity contribution in [2.24, 2.45) is 0 Å². The summed E-state index contributed by atoms with van der Waals surface area (Å²) in [4.78, 5) is 26.8. The fraction of sp³-hybridized carbons (Fsp3) is 0.529. The number of urea groups is 1. The van der Waals surface area contributed by atoms with Crippen LogP contribution in [0.1, 0.15) is 30.4 Å². The first-order valence-electron chi connectivity index (χ1n) is 8.21. The predicted octanol–water partition coefficient (Wildman–Crippen LogP) is 2.86. The van der Waals surface area contributed by atoms with Crippen molar-refractivity contribution in [1.82, 2.24) is 15.1 Å². The summed E-state index contributed by atoms with van der Waals surface area (Å²) in [5.74, 6) is -0.0112. The second-order valence-corrected chi connectivity index (χ2v) is 6.08. The Labute approximate surface area is 144 Å². The Balaban J connectivity index is 1.83. The van der Waals surface area contributed by atoms with Gasteiger partial charge in [-0.15, -0.1) is 0 Å². The molecule has 1 aromatic rings. The van der Waals surface area contributed by atoms with E-state index < -0.39 is 17.8 Å². The Morgan fingerprint density at radius 3 is 2.48 bits per heavy atom. The number of hydrogen-bond acceptors (Lipinski definition) is 2. The number of likely N-dealkylation sites (tertiary alicyclic amines) is 1. The highest BCUT2D eigenvalue weighted by molar-refractivity contribution is 5.78. The summed E-state index contributed by atoms with van der Waals surface area (Å²) in [5, 5.41) is 2.57. The third kappa shape index (κ3) is 5.37. The van der Waals surface area contributed by atoms with Gasteiger partial charge >= 0.3 is 12.2 Å². The highest BCUT2D eigenvalue weighted by Crippen LogP contribution is 2.32. The van der Waals surface area contributed by atoms with Crippen molar-refractivity contribution in [2.75, 3.05) is 26.7 Å². The van der Waals surface area contributed by atoms with E-state index >= 15 is 0 Å². The Morgan fingerprint density at radius 1 is 1.20 bits per heavy atom. The van der Waals surface area contributed by atoms with Crippen LogP contribution in [0.5, 0.6) is 0 Å². The number of carbonyl (C=O) groups excluding carboxylic acids is 2. The van der Waals surface area contributed by atoms with Crippen LogP contribution in [0, 0.1) is 0 Å². The predicted molar refractivity (Wildman–Crippen MR) is 86.7 cm³/mol. The molecule has 8 heteroatoms. The van der Waals surface area contributed by atoms with E-state index in [1.54, 1.807) is 4.90 Å². The van der Waals surface area contributed by atoms with Gasteiger partial charge in [-0.2, -0.15) is 13.2 Å². The van der Waals surface area contributed by atoms with E-state index in [1.165, 1.54) is 30.1 Å². The van der Waals surface area contributed by atoms with Crippen LogP contribution in [0.2, 0.25) is 0 Å². The molecule has 1 aliphatic rings. The molecule has 138 valence electrons. The number of nitrogens with one attached hydrogen (secondary N) is 1. The molecule has 1 saturated heterocycles. The molecule has 3 amide bonds. The van der Waals surface area contributed by atoms with E-state index in [0.29, 0.717) is 0 Å². The molecule has 0 radical (unpaired) electrons. The molecular formula is C17H22F3N3O2. The maximum absolute atomic E-state index is 13.0. The van der Waals surface area contributed by atoms with Gasteiger partial charge in [0.25, 0.3) is 0 Å². The first-order valence-corrected chi connectivity index (χ1v) is 8.21. The maximum Gasteiger partial charge on any atom is 0.416 e. The number of carbonyl (C=O) groups is 2. The van der Waals surface area contributed by atoms with Gasteiger partial charge in [0.1, 0.15) is 0 Å². The number of alkyl halides is 3. The van der Waals surface area contributed by atoms with Crippen LogP contribution in [0.25, 0.3) is 0 Å². The van der Waals surface area contributed by atoms with E-state index in [1.807, 2.05) is 0 Å². The van der Waals surface area contributed by atoms with Gasteiger partial charge in [0.05, 0.1) is 5.56 Å². The van der Waals surface area contributed by atoms with Crippen molar-refractivity contribution >= 4 is 11.9 Å². The van der Waals surface area contributed by atoms with E-state index in [2.05, 4.69) is 5.32 Å². The molecule has 0 unspecified atom stereocenters. The minimum Gasteiger partial charge on any atom is -0.343 e. The molecule has 0 bridgehead atoms. The number of hydrogen-bond donors (Lipinski definition) is 1. The first-order chi connectivity index (χ1) is 11.8. The molecule has 0 spiro atoms. The van der Waals surface area contributed by atoms with Crippen molar-refractivity contribution in [1.29, 1.82) is 0 Å². The molecule has 0 saturated carbocycles. The van der Waals surface area contributed by atoms with E-state index in [0.717, 1.165) is 32.0 Å². The smallest absolute Gasteiger partial charge is 0.343 e. The Morgan fingerprint density at radius 2 is 1.84 bits per heavy atom. The molecule has 1 heterocycles. The van der Waals surface area contributed by atoms with Crippen molar-refractivity contribution in [2.45, 2.75) is 32.0 Å². The molecule has 1 aromatic carbocycles. The van der Waals surface area contributed by atoms with E-state index in [-0.39, 0.29) is 31.0 Å². The summed E-state index contributed by atoms with van der Waals surface area (Å²) in [6.07, 6.45) is -2.27. The number of benzene rings is 1. The minimum atomic E-state index is -4.46. The number of amides is 3. The molecule has 1 fully saturated rings. The second-order valence-electron chi connectivity index (χ2n) is 6.08. The molecule has 2 rings (SSSR count). The molecule has 5 nitrogen and oxygen atoms in total. The van der Waals surface area contributed by atoms with Crippen LogP contribution in [0.3, 0.4) is 0 Å². The summed E-state index contributed by atoms with van der Waals surface area (Å²) in [5.41, 5.74) is -0.723. The summed E-state index contributed by atoms with van der Waals surface area (Å²) >= 11 is 0. The first kappa shape index (κ1) is 19.1. The summed E-state index contributed by atoms with van der Waals surface area (Å²) in [6.45, 7) is 1.50. The SMILES string of the molecule is CN(Cc1ccccc1C(F)(F)F)C(=O)NCCC(=O)N1CCCC1. The fourth-order valence-electron chi connectivity index (χ4n) is 2.80. The second kappa shape index (κ2) is 8.22. The Hall–Kier alpha value is -2.25. The van der Waals surface area contributed by atoms with Crippen LogP contribution >= 0.6 is 0 Å². The zero-order valence-electron chi connectivity index (χ0n) is 14.1. The van der Waals surface area contributed by atoms with Crippen LogP contribution in [-0.4, -0.2) is 48.4 Å². The van der Waals surface area contributed by atoms with Gasteiger partial charge in [0, 0.05) is 39.6 Å². The lowest BCUT2D eigenvalue weighted by Gasteiger charge is -2.21. The van der Waals surface area contributed by atoms with Gasteiger partial charge in [-0.3, -0.25) is 4.79 Å². The highest BCUT2D eigenvalue weighted by atomic mass is 19.4. The van der Waals surface area contributed by atoms with Gasteiger partial charge in [0.15, 0.2) is 0 Å². The van der Waals surface area contributed by atoms with Crippen LogP contribution in [0.15, 0.2) is 24.3 Å². The molecular weight excluding hydrogens is 335 g/mol. The molecule has 0 aromatic heterocycles. The highest BCUT2D eigenvalue weighted by Gasteiger charge is 2.33. The van der Waals surface area contributed by atoms with Crippen molar-refractivity contribution in [3.63, 3.8) is 0 Å². The summed E-state index contributed by atoms with van der Waals surface area (Å²) < 4.78 is 38.9. The lowest BCUT2D eigenvalue weighted by Crippen LogP contribution is -2.39. The number of nitrogens with zero attached hydrogens (tertiary/aromatic N) is 2. The van der Waals surface area contributed by atoms with E-state index in [9.17, 15) is 22.8 Å². The largest absolute Gasteiger partial charge is 0.416 e. The lowest BCUT2D eigenvalue weighted by molar-refractivity contribution is -0.138. The number of halogens is 3. The van der Waals surface area contributed by atoms with Gasteiger partial charge in [-0.1, -0.05) is 18.2 Å². The fourth-order valence-corrected chi connectivity index (χ4v) is 2.80. The number of rotatable bonds is 5.